The molecule has 2 unspecified atom stereocenters. The largest absolute Gasteiger partial charge is 0.497 e. The first-order valence-electron chi connectivity index (χ1n) is 25.7. The van der Waals surface area contributed by atoms with Gasteiger partial charge in [-0.25, -0.2) is 14.0 Å². The highest BCUT2D eigenvalue weighted by atomic mass is 31.2. The van der Waals surface area contributed by atoms with Gasteiger partial charge >= 0.3 is 37.3 Å². The van der Waals surface area contributed by atoms with Crippen molar-refractivity contribution in [3.63, 3.8) is 0 Å². The number of Topliss-reactive ketones (excluding diaryl/α,β-unsaturated/α-hetero) is 1. The molecule has 0 bridgehead atoms. The van der Waals surface area contributed by atoms with Gasteiger partial charge in [-0.15, -0.1) is 0 Å². The van der Waals surface area contributed by atoms with Crippen LogP contribution in [0.4, 0.5) is 5.82 Å². The highest BCUT2D eigenvalue weighted by molar-refractivity contribution is 7.51. The summed E-state index contributed by atoms with van der Waals surface area (Å²) in [5.41, 5.74) is 5.38. The molecule has 430 valence electrons. The van der Waals surface area contributed by atoms with E-state index in [9.17, 15) is 28.8 Å². The molecule has 23 nitrogen and oxygen atoms in total. The molecule has 2 fully saturated rings. The van der Waals surface area contributed by atoms with Crippen LogP contribution < -0.4 is 20.9 Å². The van der Waals surface area contributed by atoms with Gasteiger partial charge in [-0.2, -0.15) is 4.98 Å². The third-order valence-electron chi connectivity index (χ3n) is 12.8. The number of hydrogen-bond acceptors (Lipinski definition) is 21. The van der Waals surface area contributed by atoms with Gasteiger partial charge in [0, 0.05) is 52.4 Å². The van der Waals surface area contributed by atoms with Crippen LogP contribution in [0.5, 0.6) is 11.5 Å². The van der Waals surface area contributed by atoms with Gasteiger partial charge in [0.25, 0.3) is 0 Å². The van der Waals surface area contributed by atoms with Crippen LogP contribution in [0.25, 0.3) is 0 Å². The molecule has 0 saturated carbocycles. The summed E-state index contributed by atoms with van der Waals surface area (Å²) in [6.07, 6.45) is -11.3. The Labute approximate surface area is 458 Å². The Morgan fingerprint density at radius 3 is 1.78 bits per heavy atom. The van der Waals surface area contributed by atoms with Gasteiger partial charge in [-0.05, 0) is 88.1 Å². The Kier molecular flexibility index (Phi) is 21.5. The Morgan fingerprint density at radius 2 is 1.28 bits per heavy atom. The number of aromatic nitrogens is 2. The minimum atomic E-state index is -4.53. The Morgan fingerprint density at radius 1 is 0.734 bits per heavy atom. The van der Waals surface area contributed by atoms with E-state index in [-0.39, 0.29) is 31.9 Å². The molecule has 2 saturated heterocycles. The lowest BCUT2D eigenvalue weighted by Gasteiger charge is -2.44. The van der Waals surface area contributed by atoms with Crippen LogP contribution >= 0.6 is 7.75 Å². The number of benzene rings is 3. The molecule has 79 heavy (non-hydrogen) atoms. The lowest BCUT2D eigenvalue weighted by Crippen LogP contribution is -2.63. The number of esters is 4. The van der Waals surface area contributed by atoms with Crippen LogP contribution in [0.2, 0.25) is 0 Å². The number of carbonyl (C=O) groups is 5. The molecule has 3 heterocycles. The summed E-state index contributed by atoms with van der Waals surface area (Å²) >= 11 is 0. The number of anilines is 1. The van der Waals surface area contributed by atoms with E-state index in [1.807, 2.05) is 54.6 Å². The molecular weight excluding hydrogens is 1050 g/mol. The smallest absolute Gasteiger partial charge is 0.409 e. The van der Waals surface area contributed by atoms with E-state index < -0.39 is 123 Å². The van der Waals surface area contributed by atoms with Crippen LogP contribution in [0, 0.1) is 0 Å². The van der Waals surface area contributed by atoms with Gasteiger partial charge in [0.05, 0.1) is 27.4 Å². The second-order valence-corrected chi connectivity index (χ2v) is 21.2. The maximum absolute atomic E-state index is 15.9. The van der Waals surface area contributed by atoms with Crippen molar-refractivity contribution in [3.05, 3.63) is 118 Å². The molecule has 3 aromatic carbocycles. The quantitative estimate of drug-likeness (QED) is 0.0182. The second kappa shape index (κ2) is 27.5. The van der Waals surface area contributed by atoms with Crippen LogP contribution in [-0.2, 0) is 81.1 Å². The van der Waals surface area contributed by atoms with Crippen molar-refractivity contribution in [1.82, 2.24) is 14.2 Å². The van der Waals surface area contributed by atoms with Crippen LogP contribution in [-0.4, -0.2) is 139 Å². The normalized spacial score (nSPS) is 22.4. The molecule has 6 rings (SSSR count). The van der Waals surface area contributed by atoms with Crippen molar-refractivity contribution in [2.75, 3.05) is 39.8 Å². The predicted molar refractivity (Wildman–Crippen MR) is 282 cm³/mol. The summed E-state index contributed by atoms with van der Waals surface area (Å²) in [7, 11) is -1.44. The van der Waals surface area contributed by atoms with Gasteiger partial charge in [0.15, 0.2) is 30.4 Å². The number of carbonyl (C=O) groups excluding carboxylic acids is 5. The van der Waals surface area contributed by atoms with E-state index in [1.165, 1.54) is 23.8 Å². The van der Waals surface area contributed by atoms with E-state index in [2.05, 4.69) is 4.98 Å². The fourth-order valence-corrected chi connectivity index (χ4v) is 12.0. The van der Waals surface area contributed by atoms with E-state index in [1.54, 1.807) is 70.9 Å². The van der Waals surface area contributed by atoms with E-state index >= 15 is 4.57 Å². The van der Waals surface area contributed by atoms with Crippen LogP contribution in [0.1, 0.15) is 98.1 Å². The first-order chi connectivity index (χ1) is 37.5. The maximum atomic E-state index is 15.9. The molecule has 24 heteroatoms. The molecule has 2 aliphatic rings. The Balaban J connectivity index is 1.38. The van der Waals surface area contributed by atoms with Crippen molar-refractivity contribution >= 4 is 43.2 Å². The molecule has 4 aromatic rings. The van der Waals surface area contributed by atoms with E-state index in [0.29, 0.717) is 28.2 Å². The summed E-state index contributed by atoms with van der Waals surface area (Å²) < 4.78 is 91.0. The minimum Gasteiger partial charge on any atom is -0.497 e. The predicted octanol–water partition coefficient (Wildman–Crippen LogP) is 6.22. The number of rotatable bonds is 26. The number of ether oxygens (including phenoxy) is 10. The molecule has 0 amide bonds. The topological polar surface area (TPSA) is 277 Å². The summed E-state index contributed by atoms with van der Waals surface area (Å²) in [5, 5.41) is 0. The Hall–Kier alpha value is -6.56. The van der Waals surface area contributed by atoms with Crippen molar-refractivity contribution in [3.8, 4) is 11.5 Å². The van der Waals surface area contributed by atoms with Crippen molar-refractivity contribution in [2.24, 2.45) is 0 Å². The SMILES string of the molecule is COc1ccc(C(O[13CH](C(C)=O)[C@H]2O[C@@H](n3ccc(N)nc3=O)C[C@@H]2OP(=O)(OCCCO[C@@H]2O[C@H](COC(C)=O)[C@@H](OC(C)=O)[C@H](OC(C)=O)[C@H]2OC(C)=O)N(C(C)C)C(C)C)(c2ccccc2)c2ccc(OC)cc2)cc1. The zero-order valence-electron chi connectivity index (χ0n) is 46.2. The first kappa shape index (κ1) is 61.6. The third kappa shape index (κ3) is 15.2. The fraction of sp³-hybridized carbons (Fsp3) is 0.509. The number of hydrogen-bond donors (Lipinski definition) is 1. The number of nitrogen functional groups attached to an aromatic ring is 1. The number of nitrogens with zero attached hydrogens (tertiary/aromatic N) is 3. The van der Waals surface area contributed by atoms with E-state index in [4.69, 9.17) is 62.1 Å². The monoisotopic (exact) mass is 1120 g/mol. The zero-order chi connectivity index (χ0) is 57.8. The second-order valence-electron chi connectivity index (χ2n) is 19.3. The van der Waals surface area contributed by atoms with Crippen molar-refractivity contribution < 1.29 is 85.0 Å². The highest BCUT2D eigenvalue weighted by Gasteiger charge is 2.55. The molecule has 1 aromatic heterocycles. The van der Waals surface area contributed by atoms with Gasteiger partial charge in [0.2, 0.25) is 0 Å². The van der Waals surface area contributed by atoms with Gasteiger partial charge < -0.3 is 53.1 Å². The van der Waals surface area contributed by atoms with Gasteiger partial charge in [-0.1, -0.05) is 54.6 Å². The van der Waals surface area contributed by atoms with Crippen molar-refractivity contribution in [1.29, 1.82) is 0 Å². The van der Waals surface area contributed by atoms with Crippen LogP contribution in [0.15, 0.2) is 95.9 Å². The molecule has 2 N–H and O–H groups in total. The number of nitrogens with two attached hydrogens (primary N) is 1. The molecule has 0 radical (unpaired) electrons. The van der Waals surface area contributed by atoms with Gasteiger partial charge in [-0.3, -0.25) is 37.6 Å². The molecular formula is C55H71N4O19P. The lowest BCUT2D eigenvalue weighted by atomic mass is 9.80. The fourth-order valence-electron chi connectivity index (χ4n) is 9.70. The standard InChI is InChI=1S/C55H71N4O19P/c1-32(2)59(33(3)4)79(66,71-29-15-28-69-53-52(74-38(9)64)51(73-37(8)63)50(72-36(7)62)45(75-53)31-70-35(6)61)78-44-30-47(58-27-26-46(56)57-54(58)65)76-49(44)48(34(5)60)77-55(39-16-13-12-14-17-39,40-18-22-42(67-10)23-19-40)41-20-24-43(68-11)25-21-41/h12-14,16-27,32-33,44-45,47-53H,15,28-31H2,1-11H3,(H2,56,57,65)/t44-,45+,47+,48?,49-,50+,51-,52+,53+,79?/m0/s1/i48+1. The number of ketones is 1. The zero-order valence-corrected chi connectivity index (χ0v) is 47.1. The number of methoxy groups -OCH3 is 2. The average molecular weight is 1120 g/mol. The summed E-state index contributed by atoms with van der Waals surface area (Å²) in [6.45, 7) is 12.0. The first-order valence-corrected chi connectivity index (χ1v) is 27.2. The van der Waals surface area contributed by atoms with Gasteiger partial charge in [0.1, 0.15) is 60.2 Å². The molecule has 2 aliphatic heterocycles. The maximum Gasteiger partial charge on any atom is 0.409 e. The van der Waals surface area contributed by atoms with Crippen molar-refractivity contribution in [2.45, 2.75) is 148 Å². The molecule has 0 spiro atoms. The molecule has 0 aliphatic carbocycles. The summed E-state index contributed by atoms with van der Waals surface area (Å²) in [5.74, 6) is -2.56. The van der Waals surface area contributed by atoms with Crippen LogP contribution in [0.3, 0.4) is 0 Å². The lowest BCUT2D eigenvalue weighted by molar-refractivity contribution is -0.308. The summed E-state index contributed by atoms with van der Waals surface area (Å²) in [6, 6.07) is 24.1. The third-order valence-corrected chi connectivity index (χ3v) is 15.4. The highest BCUT2D eigenvalue weighted by Crippen LogP contribution is 2.58. The average Bonchev–Trinajstić information content (AvgIpc) is 3.89. The Bertz CT molecular complexity index is 2760. The summed E-state index contributed by atoms with van der Waals surface area (Å²) in [4.78, 5) is 81.1. The minimum absolute atomic E-state index is 0.0214. The van der Waals surface area contributed by atoms with E-state index in [0.717, 1.165) is 27.7 Å². The molecule has 10 atom stereocenters.